The summed E-state index contributed by atoms with van der Waals surface area (Å²) in [6, 6.07) is 1.64. The summed E-state index contributed by atoms with van der Waals surface area (Å²) in [5, 5.41) is 2.85. The van der Waals surface area contributed by atoms with Gasteiger partial charge in [-0.25, -0.2) is 9.97 Å². The highest BCUT2D eigenvalue weighted by Crippen LogP contribution is 2.21. The van der Waals surface area contributed by atoms with Crippen LogP contribution < -0.4 is 23.1 Å². The van der Waals surface area contributed by atoms with Gasteiger partial charge in [0.15, 0.2) is 10.8 Å². The summed E-state index contributed by atoms with van der Waals surface area (Å²) >= 11 is 12.8. The SMILES string of the molecule is Nc1nc(-c2cc(Cl)nc(Cl)[nH+]2)cs1.[Cl-]. The molecule has 2 aromatic heterocycles. The van der Waals surface area contributed by atoms with Gasteiger partial charge in [0.25, 0.3) is 0 Å². The number of hydrogen-bond donors (Lipinski definition) is 1. The summed E-state index contributed by atoms with van der Waals surface area (Å²) in [5.74, 6) is 0. The number of thiazole rings is 1. The fraction of sp³-hybridized carbons (Fsp3) is 0. The minimum Gasteiger partial charge on any atom is -1.00 e. The molecule has 0 unspecified atom stereocenters. The summed E-state index contributed by atoms with van der Waals surface area (Å²) in [6.07, 6.45) is 0. The van der Waals surface area contributed by atoms with Crippen LogP contribution in [0.2, 0.25) is 10.4 Å². The van der Waals surface area contributed by atoms with Crippen LogP contribution in [0.3, 0.4) is 0 Å². The second-order valence-corrected chi connectivity index (χ2v) is 4.11. The minimum absolute atomic E-state index is 0. The van der Waals surface area contributed by atoms with Gasteiger partial charge in [0.2, 0.25) is 5.15 Å². The highest BCUT2D eigenvalue weighted by atomic mass is 35.5. The van der Waals surface area contributed by atoms with Gasteiger partial charge in [-0.05, 0) is 16.6 Å². The van der Waals surface area contributed by atoms with E-state index in [9.17, 15) is 0 Å². The molecule has 2 aromatic rings. The third-order valence-corrected chi connectivity index (χ3v) is 2.55. The molecule has 8 heteroatoms. The number of nitrogens with two attached hydrogens (primary N) is 1. The van der Waals surface area contributed by atoms with Gasteiger partial charge in [0.05, 0.1) is 6.07 Å². The first-order valence-corrected chi connectivity index (χ1v) is 5.25. The van der Waals surface area contributed by atoms with E-state index < -0.39 is 0 Å². The first kappa shape index (κ1) is 12.4. The van der Waals surface area contributed by atoms with Gasteiger partial charge >= 0.3 is 5.28 Å². The van der Waals surface area contributed by atoms with E-state index in [1.807, 2.05) is 5.38 Å². The van der Waals surface area contributed by atoms with Gasteiger partial charge in [-0.1, -0.05) is 0 Å². The Morgan fingerprint density at radius 1 is 1.33 bits per heavy atom. The Kier molecular flexibility index (Phi) is 4.10. The Bertz CT molecular complexity index is 453. The minimum atomic E-state index is 0. The lowest BCUT2D eigenvalue weighted by Crippen LogP contribution is -3.00. The summed E-state index contributed by atoms with van der Waals surface area (Å²) < 4.78 is 0. The van der Waals surface area contributed by atoms with Gasteiger partial charge in [-0.15, -0.1) is 11.3 Å². The summed E-state index contributed by atoms with van der Waals surface area (Å²) in [5.41, 5.74) is 6.91. The van der Waals surface area contributed by atoms with Gasteiger partial charge < -0.3 is 18.1 Å². The molecular weight excluding hydrogens is 279 g/mol. The molecular formula is C7H5Cl3N4S. The normalized spacial score (nSPS) is 9.73. The molecule has 4 nitrogen and oxygen atoms in total. The van der Waals surface area contributed by atoms with Crippen molar-refractivity contribution in [1.82, 2.24) is 9.97 Å². The van der Waals surface area contributed by atoms with Crippen molar-refractivity contribution in [3.05, 3.63) is 21.9 Å². The first-order valence-electron chi connectivity index (χ1n) is 3.62. The van der Waals surface area contributed by atoms with Crippen molar-refractivity contribution in [3.8, 4) is 11.4 Å². The van der Waals surface area contributed by atoms with E-state index in [2.05, 4.69) is 15.0 Å². The molecule has 0 atom stereocenters. The van der Waals surface area contributed by atoms with Crippen LogP contribution in [0.5, 0.6) is 0 Å². The molecule has 2 rings (SSSR count). The third-order valence-electron chi connectivity index (χ3n) is 1.50. The Balaban J connectivity index is 0.00000112. The fourth-order valence-corrected chi connectivity index (χ4v) is 1.96. The van der Waals surface area contributed by atoms with Crippen molar-refractivity contribution in [2.45, 2.75) is 0 Å². The molecule has 0 amide bonds. The van der Waals surface area contributed by atoms with E-state index in [1.54, 1.807) is 6.07 Å². The largest absolute Gasteiger partial charge is 1.00 e. The average molecular weight is 284 g/mol. The molecule has 0 bridgehead atoms. The maximum atomic E-state index is 5.74. The Morgan fingerprint density at radius 3 is 2.60 bits per heavy atom. The number of nitrogens with zero attached hydrogens (tertiary/aromatic N) is 2. The van der Waals surface area contributed by atoms with Crippen LogP contribution >= 0.6 is 34.5 Å². The second kappa shape index (κ2) is 4.94. The maximum absolute atomic E-state index is 5.74. The van der Waals surface area contributed by atoms with E-state index >= 15 is 0 Å². The number of anilines is 1. The molecule has 0 saturated heterocycles. The number of H-pyrrole nitrogens is 1. The predicted molar refractivity (Wildman–Crippen MR) is 56.3 cm³/mol. The first-order chi connectivity index (χ1) is 6.65. The zero-order valence-corrected chi connectivity index (χ0v) is 10.3. The molecule has 80 valence electrons. The van der Waals surface area contributed by atoms with Crippen LogP contribution in [0.25, 0.3) is 11.4 Å². The lowest BCUT2D eigenvalue weighted by molar-refractivity contribution is -0.367. The van der Waals surface area contributed by atoms with E-state index in [0.717, 1.165) is 0 Å². The van der Waals surface area contributed by atoms with Crippen molar-refractivity contribution in [1.29, 1.82) is 0 Å². The van der Waals surface area contributed by atoms with Crippen LogP contribution in [0.4, 0.5) is 5.13 Å². The van der Waals surface area contributed by atoms with Crippen molar-refractivity contribution in [2.24, 2.45) is 0 Å². The maximum Gasteiger partial charge on any atom is 0.395 e. The zero-order chi connectivity index (χ0) is 10.1. The van der Waals surface area contributed by atoms with E-state index in [4.69, 9.17) is 28.9 Å². The van der Waals surface area contributed by atoms with Crippen molar-refractivity contribution < 1.29 is 17.4 Å². The number of nitrogen functional groups attached to an aromatic ring is 1. The Morgan fingerprint density at radius 2 is 2.07 bits per heavy atom. The highest BCUT2D eigenvalue weighted by Gasteiger charge is 2.12. The van der Waals surface area contributed by atoms with Crippen LogP contribution in [-0.2, 0) is 0 Å². The van der Waals surface area contributed by atoms with Gasteiger partial charge in [0.1, 0.15) is 5.69 Å². The standard InChI is InChI=1S/C7H4Cl2N4S.ClH/c8-5-1-3(11-6(9)13-5)4-2-14-7(10)12-4;/h1-2H,(H2,10,12);1H. The molecule has 0 aliphatic heterocycles. The fourth-order valence-electron chi connectivity index (χ4n) is 0.970. The van der Waals surface area contributed by atoms with Crippen molar-refractivity contribution >= 4 is 39.7 Å². The van der Waals surface area contributed by atoms with Crippen molar-refractivity contribution in [3.63, 3.8) is 0 Å². The van der Waals surface area contributed by atoms with E-state index in [-0.39, 0.29) is 17.7 Å². The second-order valence-electron chi connectivity index (χ2n) is 2.48. The summed E-state index contributed by atoms with van der Waals surface area (Å²) in [7, 11) is 0. The average Bonchev–Trinajstić information content (AvgIpc) is 2.50. The number of nitrogens with one attached hydrogen (secondary N) is 1. The Labute approximate surface area is 106 Å². The molecule has 0 aromatic carbocycles. The smallest absolute Gasteiger partial charge is 0.395 e. The third kappa shape index (κ3) is 2.92. The van der Waals surface area contributed by atoms with E-state index in [1.165, 1.54) is 11.3 Å². The Hall–Kier alpha value is -0.620. The van der Waals surface area contributed by atoms with Gasteiger partial charge in [-0.3, -0.25) is 0 Å². The quantitative estimate of drug-likeness (QED) is 0.534. The topological polar surface area (TPSA) is 65.9 Å². The molecule has 0 fully saturated rings. The zero-order valence-electron chi connectivity index (χ0n) is 7.17. The van der Waals surface area contributed by atoms with Crippen LogP contribution in [0.1, 0.15) is 0 Å². The molecule has 0 radical (unpaired) electrons. The molecule has 2 heterocycles. The summed E-state index contributed by atoms with van der Waals surface area (Å²) in [4.78, 5) is 10.7. The van der Waals surface area contributed by atoms with E-state index in [0.29, 0.717) is 21.7 Å². The lowest BCUT2D eigenvalue weighted by Gasteiger charge is -1.90. The molecule has 0 aliphatic carbocycles. The molecule has 3 N–H and O–H groups in total. The van der Waals surface area contributed by atoms with Crippen LogP contribution in [0.15, 0.2) is 11.4 Å². The van der Waals surface area contributed by atoms with Crippen molar-refractivity contribution in [2.75, 3.05) is 5.73 Å². The molecule has 0 spiro atoms. The lowest BCUT2D eigenvalue weighted by atomic mass is 10.3. The van der Waals surface area contributed by atoms with Crippen LogP contribution in [0, 0.1) is 0 Å². The summed E-state index contributed by atoms with van der Waals surface area (Å²) in [6.45, 7) is 0. The number of rotatable bonds is 1. The number of hydrogen-bond acceptors (Lipinski definition) is 4. The number of halogens is 3. The van der Waals surface area contributed by atoms with Crippen LogP contribution in [-0.4, -0.2) is 9.97 Å². The highest BCUT2D eigenvalue weighted by molar-refractivity contribution is 7.13. The number of aromatic amines is 1. The predicted octanol–water partition coefficient (Wildman–Crippen LogP) is -1.09. The number of aromatic nitrogens is 3. The van der Waals surface area contributed by atoms with Gasteiger partial charge in [-0.2, -0.15) is 0 Å². The molecule has 0 aliphatic rings. The molecule has 0 saturated carbocycles. The van der Waals surface area contributed by atoms with Gasteiger partial charge in [0, 0.05) is 17.0 Å². The monoisotopic (exact) mass is 282 g/mol. The molecule has 15 heavy (non-hydrogen) atoms.